The van der Waals surface area contributed by atoms with Gasteiger partial charge in [-0.15, -0.1) is 5.10 Å². The summed E-state index contributed by atoms with van der Waals surface area (Å²) in [6.07, 6.45) is 0. The minimum absolute atomic E-state index is 0.0316. The van der Waals surface area contributed by atoms with Gasteiger partial charge in [0.05, 0.1) is 12.3 Å². The summed E-state index contributed by atoms with van der Waals surface area (Å²) >= 11 is 0. The molecule has 0 fully saturated rings. The van der Waals surface area contributed by atoms with Crippen LogP contribution < -0.4 is 10.1 Å². The Balaban J connectivity index is 1.66. The molecule has 1 heterocycles. The van der Waals surface area contributed by atoms with E-state index in [4.69, 9.17) is 4.74 Å². The number of aromatic nitrogens is 3. The molecule has 4 rings (SSSR count). The second-order valence-corrected chi connectivity index (χ2v) is 6.77. The standard InChI is InChI=1S/C24H21FN4O2/c1-2-31-21-14-12-20(13-15-21)29-23(18-8-10-19(25)11-9-18)27-22(28-29)24(30)26-16-17-6-4-3-5-7-17/h3-15H,2,16H2,1H3,(H,26,30). The summed E-state index contributed by atoms with van der Waals surface area (Å²) in [4.78, 5) is 17.2. The Morgan fingerprint density at radius 1 is 1.00 bits per heavy atom. The maximum Gasteiger partial charge on any atom is 0.291 e. The Kier molecular flexibility index (Phi) is 6.03. The Morgan fingerprint density at radius 3 is 2.39 bits per heavy atom. The molecule has 1 amide bonds. The highest BCUT2D eigenvalue weighted by molar-refractivity contribution is 5.91. The number of rotatable bonds is 7. The van der Waals surface area contributed by atoms with Gasteiger partial charge in [0.15, 0.2) is 5.82 Å². The van der Waals surface area contributed by atoms with Gasteiger partial charge in [0.2, 0.25) is 5.82 Å². The molecule has 0 atom stereocenters. The summed E-state index contributed by atoms with van der Waals surface area (Å²) in [6, 6.07) is 22.8. The van der Waals surface area contributed by atoms with E-state index in [1.165, 1.54) is 12.1 Å². The van der Waals surface area contributed by atoms with Crippen molar-refractivity contribution in [3.05, 3.63) is 96.1 Å². The lowest BCUT2D eigenvalue weighted by Crippen LogP contribution is -2.24. The van der Waals surface area contributed by atoms with Crippen LogP contribution in [0.1, 0.15) is 23.1 Å². The van der Waals surface area contributed by atoms with E-state index in [9.17, 15) is 9.18 Å². The molecule has 7 heteroatoms. The number of hydrogen-bond acceptors (Lipinski definition) is 4. The number of amides is 1. The number of nitrogens with one attached hydrogen (secondary N) is 1. The maximum absolute atomic E-state index is 13.4. The average Bonchev–Trinajstić information content (AvgIpc) is 3.25. The molecule has 0 unspecified atom stereocenters. The third-order valence-electron chi connectivity index (χ3n) is 4.60. The summed E-state index contributed by atoms with van der Waals surface area (Å²) in [7, 11) is 0. The Morgan fingerprint density at radius 2 is 1.71 bits per heavy atom. The van der Waals surface area contributed by atoms with Gasteiger partial charge >= 0.3 is 0 Å². The first kappa shape index (κ1) is 20.3. The monoisotopic (exact) mass is 416 g/mol. The lowest BCUT2D eigenvalue weighted by atomic mass is 10.2. The summed E-state index contributed by atoms with van der Waals surface area (Å²) in [5.74, 6) is 0.460. The van der Waals surface area contributed by atoms with E-state index in [1.807, 2.05) is 61.5 Å². The van der Waals surface area contributed by atoms with E-state index in [1.54, 1.807) is 16.8 Å². The van der Waals surface area contributed by atoms with Gasteiger partial charge in [-0.2, -0.15) is 0 Å². The van der Waals surface area contributed by atoms with E-state index in [0.29, 0.717) is 30.2 Å². The lowest BCUT2D eigenvalue weighted by Gasteiger charge is -2.08. The van der Waals surface area contributed by atoms with Crippen LogP contribution in [0.25, 0.3) is 17.1 Å². The second-order valence-electron chi connectivity index (χ2n) is 6.77. The molecule has 156 valence electrons. The predicted molar refractivity (Wildman–Crippen MR) is 116 cm³/mol. The molecule has 6 nitrogen and oxygen atoms in total. The molecule has 0 radical (unpaired) electrons. The summed E-state index contributed by atoms with van der Waals surface area (Å²) in [6.45, 7) is 2.84. The van der Waals surface area contributed by atoms with E-state index < -0.39 is 5.91 Å². The molecule has 1 aromatic heterocycles. The third-order valence-corrected chi connectivity index (χ3v) is 4.60. The first-order valence-corrected chi connectivity index (χ1v) is 9.92. The normalized spacial score (nSPS) is 10.6. The van der Waals surface area contributed by atoms with Crippen molar-refractivity contribution in [2.45, 2.75) is 13.5 Å². The van der Waals surface area contributed by atoms with Gasteiger partial charge in [-0.1, -0.05) is 30.3 Å². The van der Waals surface area contributed by atoms with Crippen LogP contribution in [0.3, 0.4) is 0 Å². The smallest absolute Gasteiger partial charge is 0.291 e. The zero-order valence-electron chi connectivity index (χ0n) is 17.0. The molecule has 1 N–H and O–H groups in total. The number of halogens is 1. The average molecular weight is 416 g/mol. The fraction of sp³-hybridized carbons (Fsp3) is 0.125. The van der Waals surface area contributed by atoms with Crippen LogP contribution >= 0.6 is 0 Å². The molecule has 0 aliphatic rings. The summed E-state index contributed by atoms with van der Waals surface area (Å²) < 4.78 is 20.5. The number of hydrogen-bond donors (Lipinski definition) is 1. The zero-order valence-corrected chi connectivity index (χ0v) is 17.0. The number of carbonyl (C=O) groups excluding carboxylic acids is 1. The number of nitrogens with zero attached hydrogens (tertiary/aromatic N) is 3. The number of ether oxygens (including phenoxy) is 1. The molecule has 0 saturated carbocycles. The van der Waals surface area contributed by atoms with Crippen molar-refractivity contribution >= 4 is 5.91 Å². The minimum Gasteiger partial charge on any atom is -0.494 e. The van der Waals surface area contributed by atoms with Crippen LogP contribution in [0.15, 0.2) is 78.9 Å². The van der Waals surface area contributed by atoms with E-state index in [-0.39, 0.29) is 11.6 Å². The third kappa shape index (κ3) is 4.78. The van der Waals surface area contributed by atoms with Crippen molar-refractivity contribution in [3.63, 3.8) is 0 Å². The molecule has 3 aromatic carbocycles. The van der Waals surface area contributed by atoms with Gasteiger partial charge in [0.1, 0.15) is 11.6 Å². The predicted octanol–water partition coefficient (Wildman–Crippen LogP) is 4.40. The van der Waals surface area contributed by atoms with Crippen molar-refractivity contribution in [2.75, 3.05) is 6.61 Å². The SMILES string of the molecule is CCOc1ccc(-n2nc(C(=O)NCc3ccccc3)nc2-c2ccc(F)cc2)cc1. The highest BCUT2D eigenvalue weighted by Crippen LogP contribution is 2.23. The quantitative estimate of drug-likeness (QED) is 0.485. The van der Waals surface area contributed by atoms with Crippen LogP contribution in [0.5, 0.6) is 5.75 Å². The Bertz CT molecular complexity index is 1160. The first-order chi connectivity index (χ1) is 15.1. The fourth-order valence-electron chi connectivity index (χ4n) is 3.08. The molecule has 4 aromatic rings. The van der Waals surface area contributed by atoms with Crippen molar-refractivity contribution < 1.29 is 13.9 Å². The van der Waals surface area contributed by atoms with Crippen molar-refractivity contribution in [1.82, 2.24) is 20.1 Å². The lowest BCUT2D eigenvalue weighted by molar-refractivity contribution is 0.0940. The van der Waals surface area contributed by atoms with Gasteiger partial charge in [0.25, 0.3) is 5.91 Å². The molecule has 0 bridgehead atoms. The first-order valence-electron chi connectivity index (χ1n) is 9.92. The molecule has 0 aliphatic heterocycles. The highest BCUT2D eigenvalue weighted by atomic mass is 19.1. The zero-order chi connectivity index (χ0) is 21.6. The molecular formula is C24H21FN4O2. The van der Waals surface area contributed by atoms with E-state index >= 15 is 0 Å². The van der Waals surface area contributed by atoms with Crippen molar-refractivity contribution in [2.24, 2.45) is 0 Å². The van der Waals surface area contributed by atoms with Crippen LogP contribution in [0, 0.1) is 5.82 Å². The number of carbonyl (C=O) groups is 1. The van der Waals surface area contributed by atoms with Crippen LogP contribution in [-0.2, 0) is 6.54 Å². The summed E-state index contributed by atoms with van der Waals surface area (Å²) in [5.41, 5.74) is 2.32. The van der Waals surface area contributed by atoms with E-state index in [0.717, 1.165) is 11.3 Å². The van der Waals surface area contributed by atoms with Crippen LogP contribution in [0.4, 0.5) is 4.39 Å². The molecular weight excluding hydrogens is 395 g/mol. The van der Waals surface area contributed by atoms with Gasteiger partial charge in [0, 0.05) is 12.1 Å². The fourth-order valence-corrected chi connectivity index (χ4v) is 3.08. The summed E-state index contributed by atoms with van der Waals surface area (Å²) in [5, 5.41) is 7.26. The van der Waals surface area contributed by atoms with Gasteiger partial charge < -0.3 is 10.1 Å². The Hall–Kier alpha value is -4.00. The van der Waals surface area contributed by atoms with E-state index in [2.05, 4.69) is 15.4 Å². The van der Waals surface area contributed by atoms with Crippen LogP contribution in [-0.4, -0.2) is 27.3 Å². The maximum atomic E-state index is 13.4. The largest absolute Gasteiger partial charge is 0.494 e. The molecule has 0 saturated heterocycles. The van der Waals surface area contributed by atoms with Crippen molar-refractivity contribution in [3.8, 4) is 22.8 Å². The molecule has 31 heavy (non-hydrogen) atoms. The second kappa shape index (κ2) is 9.21. The minimum atomic E-state index is -0.392. The molecule has 0 aliphatic carbocycles. The van der Waals surface area contributed by atoms with Gasteiger partial charge in [-0.25, -0.2) is 14.1 Å². The highest BCUT2D eigenvalue weighted by Gasteiger charge is 2.19. The van der Waals surface area contributed by atoms with Crippen molar-refractivity contribution in [1.29, 1.82) is 0 Å². The topological polar surface area (TPSA) is 69.0 Å². The number of benzene rings is 3. The van der Waals surface area contributed by atoms with Gasteiger partial charge in [-0.3, -0.25) is 4.79 Å². The van der Waals surface area contributed by atoms with Crippen LogP contribution in [0.2, 0.25) is 0 Å². The van der Waals surface area contributed by atoms with Gasteiger partial charge in [-0.05, 0) is 61.0 Å². The Labute approximate surface area is 179 Å². The molecule has 0 spiro atoms.